The minimum Gasteiger partial charge on any atom is -0.487 e. The van der Waals surface area contributed by atoms with Gasteiger partial charge in [-0.1, -0.05) is 48.9 Å². The van der Waals surface area contributed by atoms with Gasteiger partial charge in [0.15, 0.2) is 0 Å². The van der Waals surface area contributed by atoms with Gasteiger partial charge in [0, 0.05) is 16.6 Å². The topological polar surface area (TPSA) is 35.2 Å². The van der Waals surface area contributed by atoms with E-state index in [1.165, 1.54) is 0 Å². The maximum Gasteiger partial charge on any atom is 0.137 e. The van der Waals surface area contributed by atoms with Crippen molar-refractivity contribution in [2.75, 3.05) is 0 Å². The Morgan fingerprint density at radius 2 is 1.86 bits per heavy atom. The van der Waals surface area contributed by atoms with E-state index in [1.807, 2.05) is 36.4 Å². The van der Waals surface area contributed by atoms with Crippen LogP contribution in [0.3, 0.4) is 0 Å². The Hall–Kier alpha value is -1.03. The van der Waals surface area contributed by atoms with E-state index in [0.717, 1.165) is 39.2 Å². The standard InChI is InChI=1S/C17H19BrClNO/c1-2-14(20)10-12-7-5-8-15(18)17(12)21-11-13-6-3-4-9-16(13)19/h3-9,14H,2,10-11,20H2,1H3. The van der Waals surface area contributed by atoms with E-state index in [9.17, 15) is 0 Å². The van der Waals surface area contributed by atoms with E-state index in [0.29, 0.717) is 6.61 Å². The van der Waals surface area contributed by atoms with Gasteiger partial charge in [-0.15, -0.1) is 0 Å². The molecule has 0 saturated carbocycles. The van der Waals surface area contributed by atoms with E-state index in [1.54, 1.807) is 0 Å². The van der Waals surface area contributed by atoms with Crippen molar-refractivity contribution in [2.24, 2.45) is 5.73 Å². The zero-order chi connectivity index (χ0) is 15.2. The highest BCUT2D eigenvalue weighted by molar-refractivity contribution is 9.10. The molecule has 2 aromatic rings. The molecule has 21 heavy (non-hydrogen) atoms. The first-order valence-corrected chi connectivity index (χ1v) is 8.18. The molecule has 1 atom stereocenters. The first-order valence-electron chi connectivity index (χ1n) is 7.01. The van der Waals surface area contributed by atoms with Crippen molar-refractivity contribution in [3.63, 3.8) is 0 Å². The quantitative estimate of drug-likeness (QED) is 0.782. The number of halogens is 2. The lowest BCUT2D eigenvalue weighted by Gasteiger charge is -2.16. The molecule has 0 heterocycles. The Morgan fingerprint density at radius 1 is 1.14 bits per heavy atom. The Kier molecular flexibility index (Phi) is 6.09. The molecular formula is C17H19BrClNO. The van der Waals surface area contributed by atoms with Gasteiger partial charge in [0.2, 0.25) is 0 Å². The number of nitrogens with two attached hydrogens (primary N) is 1. The van der Waals surface area contributed by atoms with Crippen LogP contribution in [0.15, 0.2) is 46.9 Å². The van der Waals surface area contributed by atoms with Crippen LogP contribution in [0, 0.1) is 0 Å². The average molecular weight is 369 g/mol. The van der Waals surface area contributed by atoms with Gasteiger partial charge < -0.3 is 10.5 Å². The summed E-state index contributed by atoms with van der Waals surface area (Å²) >= 11 is 9.72. The smallest absolute Gasteiger partial charge is 0.137 e. The van der Waals surface area contributed by atoms with Crippen LogP contribution < -0.4 is 10.5 Å². The molecule has 2 aromatic carbocycles. The molecule has 0 amide bonds. The molecule has 0 aliphatic heterocycles. The summed E-state index contributed by atoms with van der Waals surface area (Å²) in [6.45, 7) is 2.53. The highest BCUT2D eigenvalue weighted by Crippen LogP contribution is 2.31. The van der Waals surface area contributed by atoms with Crippen molar-refractivity contribution in [3.8, 4) is 5.75 Å². The molecule has 112 valence electrons. The lowest BCUT2D eigenvalue weighted by molar-refractivity contribution is 0.300. The zero-order valence-electron chi connectivity index (χ0n) is 12.0. The monoisotopic (exact) mass is 367 g/mol. The number of hydrogen-bond donors (Lipinski definition) is 1. The second-order valence-corrected chi connectivity index (χ2v) is 6.24. The zero-order valence-corrected chi connectivity index (χ0v) is 14.3. The number of rotatable bonds is 6. The average Bonchev–Trinajstić information content (AvgIpc) is 2.48. The summed E-state index contributed by atoms with van der Waals surface area (Å²) < 4.78 is 6.93. The predicted molar refractivity (Wildman–Crippen MR) is 91.9 cm³/mol. The fraction of sp³-hybridized carbons (Fsp3) is 0.294. The van der Waals surface area contributed by atoms with Gasteiger partial charge in [-0.3, -0.25) is 0 Å². The second-order valence-electron chi connectivity index (χ2n) is 4.98. The third-order valence-corrected chi connectivity index (χ3v) is 4.38. The maximum absolute atomic E-state index is 6.17. The van der Waals surface area contributed by atoms with E-state index in [-0.39, 0.29) is 6.04 Å². The van der Waals surface area contributed by atoms with Crippen molar-refractivity contribution in [1.29, 1.82) is 0 Å². The van der Waals surface area contributed by atoms with Crippen LogP contribution >= 0.6 is 27.5 Å². The van der Waals surface area contributed by atoms with Crippen LogP contribution in [0.5, 0.6) is 5.75 Å². The Balaban J connectivity index is 2.17. The van der Waals surface area contributed by atoms with Gasteiger partial charge in [-0.25, -0.2) is 0 Å². The maximum atomic E-state index is 6.17. The van der Waals surface area contributed by atoms with Gasteiger partial charge >= 0.3 is 0 Å². The summed E-state index contributed by atoms with van der Waals surface area (Å²) in [6, 6.07) is 13.9. The Morgan fingerprint density at radius 3 is 2.57 bits per heavy atom. The lowest BCUT2D eigenvalue weighted by atomic mass is 10.0. The molecule has 0 radical (unpaired) electrons. The molecule has 0 aromatic heterocycles. The van der Waals surface area contributed by atoms with Crippen molar-refractivity contribution in [1.82, 2.24) is 0 Å². The fourth-order valence-electron chi connectivity index (χ4n) is 2.07. The largest absolute Gasteiger partial charge is 0.487 e. The van der Waals surface area contributed by atoms with Crippen LogP contribution in [0.1, 0.15) is 24.5 Å². The molecule has 1 unspecified atom stereocenters. The van der Waals surface area contributed by atoms with Gasteiger partial charge in [-0.2, -0.15) is 0 Å². The Labute approximate surface area is 139 Å². The van der Waals surface area contributed by atoms with Gasteiger partial charge in [-0.05, 0) is 46.5 Å². The van der Waals surface area contributed by atoms with E-state index in [2.05, 4.69) is 28.9 Å². The second kappa shape index (κ2) is 7.83. The molecular weight excluding hydrogens is 350 g/mol. The summed E-state index contributed by atoms with van der Waals surface area (Å²) in [7, 11) is 0. The first kappa shape index (κ1) is 16.3. The molecule has 0 aliphatic rings. The van der Waals surface area contributed by atoms with Crippen LogP contribution in [-0.4, -0.2) is 6.04 Å². The molecule has 2 nitrogen and oxygen atoms in total. The molecule has 2 N–H and O–H groups in total. The van der Waals surface area contributed by atoms with Gasteiger partial charge in [0.25, 0.3) is 0 Å². The number of para-hydroxylation sites is 1. The molecule has 0 fully saturated rings. The summed E-state index contributed by atoms with van der Waals surface area (Å²) in [4.78, 5) is 0. The molecule has 2 rings (SSSR count). The van der Waals surface area contributed by atoms with Crippen molar-refractivity contribution >= 4 is 27.5 Å². The minimum atomic E-state index is 0.141. The summed E-state index contributed by atoms with van der Waals surface area (Å²) in [5.74, 6) is 0.848. The van der Waals surface area contributed by atoms with Crippen molar-refractivity contribution < 1.29 is 4.74 Å². The first-order chi connectivity index (χ1) is 10.1. The van der Waals surface area contributed by atoms with Gasteiger partial charge in [0.1, 0.15) is 12.4 Å². The van der Waals surface area contributed by atoms with Crippen LogP contribution in [-0.2, 0) is 13.0 Å². The molecule has 0 saturated heterocycles. The third-order valence-electron chi connectivity index (χ3n) is 3.38. The highest BCUT2D eigenvalue weighted by atomic mass is 79.9. The van der Waals surface area contributed by atoms with Crippen molar-refractivity contribution in [3.05, 3.63) is 63.1 Å². The van der Waals surface area contributed by atoms with E-state index < -0.39 is 0 Å². The van der Waals surface area contributed by atoms with Crippen molar-refractivity contribution in [2.45, 2.75) is 32.4 Å². The van der Waals surface area contributed by atoms with E-state index in [4.69, 9.17) is 22.1 Å². The molecule has 0 spiro atoms. The minimum absolute atomic E-state index is 0.141. The number of ether oxygens (including phenoxy) is 1. The molecule has 0 bridgehead atoms. The number of hydrogen-bond acceptors (Lipinski definition) is 2. The highest BCUT2D eigenvalue weighted by Gasteiger charge is 2.12. The SMILES string of the molecule is CCC(N)Cc1cccc(Br)c1OCc1ccccc1Cl. The van der Waals surface area contributed by atoms with E-state index >= 15 is 0 Å². The summed E-state index contributed by atoms with van der Waals surface area (Å²) in [5.41, 5.74) is 8.15. The molecule has 4 heteroatoms. The van der Waals surface area contributed by atoms with Crippen LogP contribution in [0.4, 0.5) is 0 Å². The normalized spacial score (nSPS) is 12.2. The predicted octanol–water partition coefficient (Wildman–Crippen LogP) is 4.96. The third kappa shape index (κ3) is 4.47. The van der Waals surface area contributed by atoms with Gasteiger partial charge in [0.05, 0.1) is 4.47 Å². The lowest BCUT2D eigenvalue weighted by Crippen LogP contribution is -2.21. The van der Waals surface area contributed by atoms with Crippen LogP contribution in [0.2, 0.25) is 5.02 Å². The van der Waals surface area contributed by atoms with Crippen LogP contribution in [0.25, 0.3) is 0 Å². The fourth-order valence-corrected chi connectivity index (χ4v) is 2.78. The molecule has 0 aliphatic carbocycles. The Bertz CT molecular complexity index is 603. The summed E-state index contributed by atoms with van der Waals surface area (Å²) in [6.07, 6.45) is 1.74. The number of benzene rings is 2. The summed E-state index contributed by atoms with van der Waals surface area (Å²) in [5, 5.41) is 0.719.